The Kier molecular flexibility index (Phi) is 5.40. The van der Waals surface area contributed by atoms with Gasteiger partial charge in [-0.25, -0.2) is 9.59 Å². The summed E-state index contributed by atoms with van der Waals surface area (Å²) in [7, 11) is 2.75. The molecule has 0 aliphatic carbocycles. The van der Waals surface area contributed by atoms with Crippen LogP contribution in [0.25, 0.3) is 5.76 Å². The van der Waals surface area contributed by atoms with Crippen LogP contribution in [0.5, 0.6) is 5.75 Å². The van der Waals surface area contributed by atoms with Gasteiger partial charge in [0.05, 0.1) is 20.3 Å². The number of hydrogen-bond donors (Lipinski definition) is 1. The topological polar surface area (TPSA) is 82.1 Å². The van der Waals surface area contributed by atoms with E-state index in [0.717, 1.165) is 6.08 Å². The summed E-state index contributed by atoms with van der Waals surface area (Å²) in [5.41, 5.74) is 0.549. The van der Waals surface area contributed by atoms with Gasteiger partial charge in [0.2, 0.25) is 0 Å². The summed E-state index contributed by atoms with van der Waals surface area (Å²) in [4.78, 5) is 21.7. The SMILES string of the molecule is COC(=O)C=C(OCC(=O)O)c1ccc(OC)cc1. The highest BCUT2D eigenvalue weighted by molar-refractivity contribution is 5.90. The zero-order valence-corrected chi connectivity index (χ0v) is 10.6. The van der Waals surface area contributed by atoms with Crippen molar-refractivity contribution in [2.45, 2.75) is 0 Å². The van der Waals surface area contributed by atoms with Crippen LogP contribution < -0.4 is 4.74 Å². The fourth-order valence-electron chi connectivity index (χ4n) is 1.27. The molecule has 1 aromatic rings. The molecule has 102 valence electrons. The fraction of sp³-hybridized carbons (Fsp3) is 0.231. The lowest BCUT2D eigenvalue weighted by Gasteiger charge is -2.09. The highest BCUT2D eigenvalue weighted by atomic mass is 16.5. The van der Waals surface area contributed by atoms with Gasteiger partial charge in [-0.1, -0.05) is 0 Å². The third kappa shape index (κ3) is 4.71. The molecule has 0 aliphatic rings. The van der Waals surface area contributed by atoms with E-state index in [1.165, 1.54) is 14.2 Å². The van der Waals surface area contributed by atoms with Crippen LogP contribution >= 0.6 is 0 Å². The van der Waals surface area contributed by atoms with Gasteiger partial charge in [0.15, 0.2) is 6.61 Å². The molecule has 6 nitrogen and oxygen atoms in total. The highest BCUT2D eigenvalue weighted by Gasteiger charge is 2.09. The first-order valence-electron chi connectivity index (χ1n) is 5.35. The second-order valence-electron chi connectivity index (χ2n) is 3.44. The quantitative estimate of drug-likeness (QED) is 0.475. The summed E-state index contributed by atoms with van der Waals surface area (Å²) in [6, 6.07) is 6.64. The van der Waals surface area contributed by atoms with E-state index < -0.39 is 18.5 Å². The van der Waals surface area contributed by atoms with Gasteiger partial charge >= 0.3 is 11.9 Å². The van der Waals surface area contributed by atoms with E-state index in [-0.39, 0.29) is 5.76 Å². The van der Waals surface area contributed by atoms with Crippen molar-refractivity contribution in [3.8, 4) is 5.75 Å². The van der Waals surface area contributed by atoms with Crippen LogP contribution in [-0.4, -0.2) is 37.9 Å². The third-order valence-electron chi connectivity index (χ3n) is 2.18. The Hall–Kier alpha value is -2.50. The second-order valence-corrected chi connectivity index (χ2v) is 3.44. The Morgan fingerprint density at radius 1 is 1.21 bits per heavy atom. The number of ether oxygens (including phenoxy) is 3. The van der Waals surface area contributed by atoms with Crippen molar-refractivity contribution >= 4 is 17.7 Å². The summed E-state index contributed by atoms with van der Waals surface area (Å²) in [5, 5.41) is 8.59. The van der Waals surface area contributed by atoms with Crippen LogP contribution in [0.1, 0.15) is 5.56 Å². The van der Waals surface area contributed by atoms with E-state index in [1.807, 2.05) is 0 Å². The molecule has 1 rings (SSSR count). The number of aliphatic carboxylic acids is 1. The third-order valence-corrected chi connectivity index (χ3v) is 2.18. The molecule has 0 spiro atoms. The van der Waals surface area contributed by atoms with Crippen molar-refractivity contribution in [2.24, 2.45) is 0 Å². The molecule has 6 heteroatoms. The first-order valence-corrected chi connectivity index (χ1v) is 5.35. The zero-order chi connectivity index (χ0) is 14.3. The number of esters is 1. The minimum Gasteiger partial charge on any atom is -0.497 e. The van der Waals surface area contributed by atoms with Crippen molar-refractivity contribution < 1.29 is 28.9 Å². The minimum atomic E-state index is -1.13. The molecular formula is C13H14O6. The van der Waals surface area contributed by atoms with Crippen LogP contribution in [0.15, 0.2) is 30.3 Å². The maximum absolute atomic E-state index is 11.2. The van der Waals surface area contributed by atoms with Crippen molar-refractivity contribution in [2.75, 3.05) is 20.8 Å². The average molecular weight is 266 g/mol. The smallest absolute Gasteiger partial charge is 0.341 e. The molecule has 0 radical (unpaired) electrons. The number of carboxylic acid groups (broad SMARTS) is 1. The molecule has 0 saturated heterocycles. The largest absolute Gasteiger partial charge is 0.497 e. The first kappa shape index (κ1) is 14.6. The number of benzene rings is 1. The molecule has 0 amide bonds. The molecule has 0 unspecified atom stereocenters. The lowest BCUT2D eigenvalue weighted by Crippen LogP contribution is -2.08. The van der Waals surface area contributed by atoms with Crippen LogP contribution in [0.4, 0.5) is 0 Å². The van der Waals surface area contributed by atoms with Crippen molar-refractivity contribution in [3.05, 3.63) is 35.9 Å². The lowest BCUT2D eigenvalue weighted by atomic mass is 10.1. The number of carboxylic acids is 1. The molecule has 0 fully saturated rings. The van der Waals surface area contributed by atoms with Gasteiger partial charge in [0, 0.05) is 5.56 Å². The molecule has 1 aromatic carbocycles. The number of carbonyl (C=O) groups is 2. The van der Waals surface area contributed by atoms with Gasteiger partial charge in [-0.15, -0.1) is 0 Å². The van der Waals surface area contributed by atoms with E-state index in [9.17, 15) is 9.59 Å². The summed E-state index contributed by atoms with van der Waals surface area (Å²) in [6.45, 7) is -0.547. The van der Waals surface area contributed by atoms with Crippen LogP contribution in [0.3, 0.4) is 0 Å². The highest BCUT2D eigenvalue weighted by Crippen LogP contribution is 2.19. The predicted octanol–water partition coefficient (Wildman–Crippen LogP) is 1.31. The Morgan fingerprint density at radius 2 is 1.84 bits per heavy atom. The summed E-state index contributed by atoms with van der Waals surface area (Å²) < 4.78 is 14.5. The molecule has 0 bridgehead atoms. The Bertz CT molecular complexity index is 474. The fourth-order valence-corrected chi connectivity index (χ4v) is 1.27. The van der Waals surface area contributed by atoms with Crippen molar-refractivity contribution in [1.29, 1.82) is 0 Å². The average Bonchev–Trinajstić information content (AvgIpc) is 2.43. The van der Waals surface area contributed by atoms with E-state index in [2.05, 4.69) is 4.74 Å². The number of methoxy groups -OCH3 is 2. The monoisotopic (exact) mass is 266 g/mol. The zero-order valence-electron chi connectivity index (χ0n) is 10.6. The van der Waals surface area contributed by atoms with E-state index in [1.54, 1.807) is 24.3 Å². The van der Waals surface area contributed by atoms with E-state index >= 15 is 0 Å². The molecule has 0 saturated carbocycles. The second kappa shape index (κ2) is 7.05. The summed E-state index contributed by atoms with van der Waals surface area (Å²) in [5.74, 6) is -1.00. The number of carbonyl (C=O) groups excluding carboxylic acids is 1. The van der Waals surface area contributed by atoms with Gasteiger partial charge in [-0.2, -0.15) is 0 Å². The maximum atomic E-state index is 11.2. The van der Waals surface area contributed by atoms with Gasteiger partial charge < -0.3 is 19.3 Å². The lowest BCUT2D eigenvalue weighted by molar-refractivity contribution is -0.140. The molecule has 0 aromatic heterocycles. The van der Waals surface area contributed by atoms with E-state index in [4.69, 9.17) is 14.6 Å². The maximum Gasteiger partial charge on any atom is 0.341 e. The van der Waals surface area contributed by atoms with Crippen molar-refractivity contribution in [1.82, 2.24) is 0 Å². The van der Waals surface area contributed by atoms with Gasteiger partial charge in [0.1, 0.15) is 11.5 Å². The molecule has 0 atom stereocenters. The standard InChI is InChI=1S/C13H14O6/c1-17-10-5-3-9(4-6-10)11(7-13(16)18-2)19-8-12(14)15/h3-7H,8H2,1-2H3,(H,14,15). The molecule has 0 aliphatic heterocycles. The Labute approximate surface area is 110 Å². The normalized spacial score (nSPS) is 10.7. The van der Waals surface area contributed by atoms with Gasteiger partial charge in [-0.3, -0.25) is 0 Å². The molecule has 19 heavy (non-hydrogen) atoms. The summed E-state index contributed by atoms with van der Waals surface area (Å²) >= 11 is 0. The summed E-state index contributed by atoms with van der Waals surface area (Å²) in [6.07, 6.45) is 1.09. The number of rotatable bonds is 6. The van der Waals surface area contributed by atoms with Crippen molar-refractivity contribution in [3.63, 3.8) is 0 Å². The van der Waals surface area contributed by atoms with E-state index in [0.29, 0.717) is 11.3 Å². The van der Waals surface area contributed by atoms with Gasteiger partial charge in [-0.05, 0) is 24.3 Å². The van der Waals surface area contributed by atoms with Gasteiger partial charge in [0.25, 0.3) is 0 Å². The molecular weight excluding hydrogens is 252 g/mol. The molecule has 0 heterocycles. The number of hydrogen-bond acceptors (Lipinski definition) is 5. The Balaban J connectivity index is 2.96. The van der Waals surface area contributed by atoms with Crippen LogP contribution in [0.2, 0.25) is 0 Å². The molecule has 1 N–H and O–H groups in total. The van der Waals surface area contributed by atoms with Crippen LogP contribution in [0, 0.1) is 0 Å². The van der Waals surface area contributed by atoms with Crippen LogP contribution in [-0.2, 0) is 19.1 Å². The first-order chi connectivity index (χ1) is 9.06. The Morgan fingerprint density at radius 3 is 2.32 bits per heavy atom. The minimum absolute atomic E-state index is 0.122. The predicted molar refractivity (Wildman–Crippen MR) is 66.6 cm³/mol.